The quantitative estimate of drug-likeness (QED) is 0.666. The summed E-state index contributed by atoms with van der Waals surface area (Å²) < 4.78 is 0. The lowest BCUT2D eigenvalue weighted by molar-refractivity contribution is 0.286. The summed E-state index contributed by atoms with van der Waals surface area (Å²) in [4.78, 5) is 9.53. The predicted octanol–water partition coefficient (Wildman–Crippen LogP) is 2.78. The maximum absolute atomic E-state index is 4.52. The van der Waals surface area contributed by atoms with E-state index in [9.17, 15) is 0 Å². The fourth-order valence-corrected chi connectivity index (χ4v) is 4.02. The minimum atomic E-state index is 0.631. The molecule has 1 N–H and O–H groups in total. The number of hydrogen-bond acceptors (Lipinski definition) is 2. The van der Waals surface area contributed by atoms with E-state index >= 15 is 0 Å². The van der Waals surface area contributed by atoms with Gasteiger partial charge in [0.2, 0.25) is 0 Å². The Bertz CT molecular complexity index is 522. The minimum Gasteiger partial charge on any atom is -0.356 e. The molecule has 2 heterocycles. The van der Waals surface area contributed by atoms with E-state index in [4.69, 9.17) is 0 Å². The van der Waals surface area contributed by atoms with E-state index in [-0.39, 0.29) is 0 Å². The topological polar surface area (TPSA) is 30.9 Å². The molecule has 2 fully saturated rings. The van der Waals surface area contributed by atoms with Crippen molar-refractivity contribution in [3.05, 3.63) is 35.9 Å². The van der Waals surface area contributed by atoms with E-state index < -0.39 is 0 Å². The Morgan fingerprint density at radius 2 is 1.96 bits per heavy atom. The third kappa shape index (κ3) is 4.50. The largest absolute Gasteiger partial charge is 0.356 e. The van der Waals surface area contributed by atoms with E-state index in [1.165, 1.54) is 44.5 Å². The van der Waals surface area contributed by atoms with Gasteiger partial charge in [0.05, 0.1) is 0 Å². The Kier molecular flexibility index (Phi) is 6.13. The Balaban J connectivity index is 1.46. The standard InChI is InChI=1S/C20H32N4/c1-17(15-23-11-6-7-12-23)14-22-20(21-2)24-13-10-19(16-24)18-8-4-3-5-9-18/h3-5,8-9,17,19H,6-7,10-16H2,1-2H3,(H,21,22). The van der Waals surface area contributed by atoms with Gasteiger partial charge in [0.1, 0.15) is 0 Å². The van der Waals surface area contributed by atoms with Crippen molar-refractivity contribution < 1.29 is 0 Å². The van der Waals surface area contributed by atoms with E-state index in [1.807, 2.05) is 7.05 Å². The lowest BCUT2D eigenvalue weighted by Crippen LogP contribution is -2.43. The van der Waals surface area contributed by atoms with Crippen LogP contribution in [-0.2, 0) is 0 Å². The van der Waals surface area contributed by atoms with Gasteiger partial charge >= 0.3 is 0 Å². The number of nitrogens with one attached hydrogen (secondary N) is 1. The molecule has 1 aromatic rings. The van der Waals surface area contributed by atoms with Crippen molar-refractivity contribution in [2.24, 2.45) is 10.9 Å². The first-order valence-corrected chi connectivity index (χ1v) is 9.49. The van der Waals surface area contributed by atoms with Crippen LogP contribution in [0.5, 0.6) is 0 Å². The summed E-state index contributed by atoms with van der Waals surface area (Å²) in [5.41, 5.74) is 1.46. The fraction of sp³-hybridized carbons (Fsp3) is 0.650. The zero-order chi connectivity index (χ0) is 16.8. The molecule has 2 aliphatic rings. The third-order valence-electron chi connectivity index (χ3n) is 5.35. The van der Waals surface area contributed by atoms with Gasteiger partial charge in [0.15, 0.2) is 5.96 Å². The predicted molar refractivity (Wildman–Crippen MR) is 102 cm³/mol. The molecule has 0 amide bonds. The first kappa shape index (κ1) is 17.3. The van der Waals surface area contributed by atoms with E-state index in [1.54, 1.807) is 0 Å². The lowest BCUT2D eigenvalue weighted by Gasteiger charge is -2.25. The summed E-state index contributed by atoms with van der Waals surface area (Å²) in [6.45, 7) is 9.29. The number of rotatable bonds is 5. The maximum Gasteiger partial charge on any atom is 0.193 e. The average Bonchev–Trinajstić information content (AvgIpc) is 3.28. The van der Waals surface area contributed by atoms with Crippen LogP contribution in [0.25, 0.3) is 0 Å². The lowest BCUT2D eigenvalue weighted by atomic mass is 9.99. The van der Waals surface area contributed by atoms with Crippen LogP contribution in [0.3, 0.4) is 0 Å². The number of guanidine groups is 1. The molecule has 0 bridgehead atoms. The number of hydrogen-bond donors (Lipinski definition) is 1. The molecule has 3 rings (SSSR count). The molecule has 0 radical (unpaired) electrons. The van der Waals surface area contributed by atoms with Crippen molar-refractivity contribution in [3.8, 4) is 0 Å². The van der Waals surface area contributed by atoms with Gasteiger partial charge in [-0.25, -0.2) is 0 Å². The Hall–Kier alpha value is -1.55. The van der Waals surface area contributed by atoms with Crippen molar-refractivity contribution in [2.75, 3.05) is 46.3 Å². The zero-order valence-corrected chi connectivity index (χ0v) is 15.2. The molecule has 0 aliphatic carbocycles. The molecule has 2 unspecified atom stereocenters. The van der Waals surface area contributed by atoms with Gasteiger partial charge in [-0.1, -0.05) is 37.3 Å². The summed E-state index contributed by atoms with van der Waals surface area (Å²) in [5.74, 6) is 2.36. The van der Waals surface area contributed by atoms with Gasteiger partial charge in [0, 0.05) is 39.1 Å². The first-order chi connectivity index (χ1) is 11.8. The van der Waals surface area contributed by atoms with Crippen LogP contribution in [0.2, 0.25) is 0 Å². The number of benzene rings is 1. The molecular weight excluding hydrogens is 296 g/mol. The van der Waals surface area contributed by atoms with Crippen LogP contribution in [-0.4, -0.2) is 62.1 Å². The minimum absolute atomic E-state index is 0.631. The van der Waals surface area contributed by atoms with Crippen molar-refractivity contribution >= 4 is 5.96 Å². The molecule has 2 saturated heterocycles. The summed E-state index contributed by atoms with van der Waals surface area (Å²) in [6, 6.07) is 10.9. The molecule has 132 valence electrons. The van der Waals surface area contributed by atoms with E-state index in [0.717, 1.165) is 25.6 Å². The second-order valence-electron chi connectivity index (χ2n) is 7.38. The third-order valence-corrected chi connectivity index (χ3v) is 5.35. The average molecular weight is 329 g/mol. The fourth-order valence-electron chi connectivity index (χ4n) is 4.02. The van der Waals surface area contributed by atoms with Crippen molar-refractivity contribution in [3.63, 3.8) is 0 Å². The zero-order valence-electron chi connectivity index (χ0n) is 15.2. The van der Waals surface area contributed by atoms with E-state index in [0.29, 0.717) is 11.8 Å². The highest BCUT2D eigenvalue weighted by atomic mass is 15.3. The summed E-state index contributed by atoms with van der Waals surface area (Å²) >= 11 is 0. The molecule has 0 saturated carbocycles. The van der Waals surface area contributed by atoms with E-state index in [2.05, 4.69) is 57.4 Å². The molecule has 2 aliphatic heterocycles. The molecule has 4 nitrogen and oxygen atoms in total. The van der Waals surface area contributed by atoms with Crippen molar-refractivity contribution in [1.82, 2.24) is 15.1 Å². The molecule has 2 atom stereocenters. The van der Waals surface area contributed by atoms with Gasteiger partial charge in [0.25, 0.3) is 0 Å². The van der Waals surface area contributed by atoms with Crippen LogP contribution < -0.4 is 5.32 Å². The van der Waals surface area contributed by atoms with Gasteiger partial charge in [-0.2, -0.15) is 0 Å². The van der Waals surface area contributed by atoms with Gasteiger partial charge in [-0.15, -0.1) is 0 Å². The van der Waals surface area contributed by atoms with Crippen molar-refractivity contribution in [1.29, 1.82) is 0 Å². The highest BCUT2D eigenvalue weighted by Crippen LogP contribution is 2.26. The highest BCUT2D eigenvalue weighted by molar-refractivity contribution is 5.80. The number of nitrogens with zero attached hydrogens (tertiary/aromatic N) is 3. The molecule has 4 heteroatoms. The summed E-state index contributed by atoms with van der Waals surface area (Å²) in [6.07, 6.45) is 3.96. The number of aliphatic imine (C=N–C) groups is 1. The normalized spacial score (nSPS) is 23.7. The van der Waals surface area contributed by atoms with Crippen LogP contribution in [0.15, 0.2) is 35.3 Å². The molecule has 1 aromatic carbocycles. The molecule has 24 heavy (non-hydrogen) atoms. The van der Waals surface area contributed by atoms with Crippen LogP contribution in [0.1, 0.15) is 37.7 Å². The highest BCUT2D eigenvalue weighted by Gasteiger charge is 2.26. The van der Waals surface area contributed by atoms with Crippen molar-refractivity contribution in [2.45, 2.75) is 32.1 Å². The monoisotopic (exact) mass is 328 g/mol. The molecular formula is C20H32N4. The smallest absolute Gasteiger partial charge is 0.193 e. The maximum atomic E-state index is 4.52. The van der Waals surface area contributed by atoms with Crippen LogP contribution in [0.4, 0.5) is 0 Å². The molecule has 0 aromatic heterocycles. The van der Waals surface area contributed by atoms with Crippen LogP contribution >= 0.6 is 0 Å². The summed E-state index contributed by atoms with van der Waals surface area (Å²) in [7, 11) is 1.91. The number of likely N-dealkylation sites (tertiary alicyclic amines) is 2. The SMILES string of the molecule is CN=C(NCC(C)CN1CCCC1)N1CCC(c2ccccc2)C1. The second kappa shape index (κ2) is 8.52. The van der Waals surface area contributed by atoms with Crippen LogP contribution in [0, 0.1) is 5.92 Å². The second-order valence-corrected chi connectivity index (χ2v) is 7.38. The van der Waals surface area contributed by atoms with Gasteiger partial charge in [-0.3, -0.25) is 4.99 Å². The molecule has 0 spiro atoms. The van der Waals surface area contributed by atoms with Gasteiger partial charge in [-0.05, 0) is 43.8 Å². The first-order valence-electron chi connectivity index (χ1n) is 9.49. The summed E-state index contributed by atoms with van der Waals surface area (Å²) in [5, 5.41) is 3.61. The Labute approximate surface area is 146 Å². The van der Waals surface area contributed by atoms with Gasteiger partial charge < -0.3 is 15.1 Å². The Morgan fingerprint density at radius 1 is 1.21 bits per heavy atom. The Morgan fingerprint density at radius 3 is 2.67 bits per heavy atom.